The molecule has 23 heavy (non-hydrogen) atoms. The summed E-state index contributed by atoms with van der Waals surface area (Å²) in [6.07, 6.45) is 5.18. The minimum Gasteiger partial charge on any atom is -0.291 e. The van der Waals surface area contributed by atoms with Gasteiger partial charge in [0, 0.05) is 24.8 Å². The fraction of sp³-hybridized carbons (Fsp3) is 0.118. The molecule has 3 rings (SSSR count). The van der Waals surface area contributed by atoms with E-state index in [2.05, 4.69) is 26.6 Å². The van der Waals surface area contributed by atoms with Crippen molar-refractivity contribution < 1.29 is 0 Å². The van der Waals surface area contributed by atoms with Crippen molar-refractivity contribution in [3.05, 3.63) is 60.0 Å². The Morgan fingerprint density at radius 2 is 2.09 bits per heavy atom. The van der Waals surface area contributed by atoms with Crippen LogP contribution in [-0.2, 0) is 6.54 Å². The zero-order valence-corrected chi connectivity index (χ0v) is 13.5. The number of hydrogen-bond donors (Lipinski definition) is 0. The van der Waals surface area contributed by atoms with Crippen molar-refractivity contribution in [2.24, 2.45) is 4.99 Å². The minimum absolute atomic E-state index is 0.462. The van der Waals surface area contributed by atoms with Crippen LogP contribution < -0.4 is 0 Å². The first-order valence-electron chi connectivity index (χ1n) is 7.10. The van der Waals surface area contributed by atoms with E-state index in [9.17, 15) is 0 Å². The number of pyridine rings is 2. The van der Waals surface area contributed by atoms with E-state index in [4.69, 9.17) is 12.2 Å². The number of rotatable bonds is 4. The topological polar surface area (TPSA) is 56.0 Å². The summed E-state index contributed by atoms with van der Waals surface area (Å²) in [7, 11) is 1.73. The van der Waals surface area contributed by atoms with Gasteiger partial charge < -0.3 is 0 Å². The highest BCUT2D eigenvalue weighted by Crippen LogP contribution is 2.23. The molecule has 0 aliphatic carbocycles. The second kappa shape index (κ2) is 6.58. The molecule has 0 bridgehead atoms. The SMILES string of the molecule is C=C/C(Cn1nc(-c2ccccn2)c2ncccc2c1=S)=N\C. The average molecular weight is 321 g/mol. The lowest BCUT2D eigenvalue weighted by molar-refractivity contribution is 0.699. The van der Waals surface area contributed by atoms with E-state index in [1.807, 2.05) is 30.3 Å². The van der Waals surface area contributed by atoms with Crippen LogP contribution in [0.1, 0.15) is 0 Å². The first-order chi connectivity index (χ1) is 11.2. The van der Waals surface area contributed by atoms with Crippen molar-refractivity contribution in [1.82, 2.24) is 19.7 Å². The zero-order chi connectivity index (χ0) is 16.2. The maximum absolute atomic E-state index is 5.57. The Bertz CT molecular complexity index is 944. The van der Waals surface area contributed by atoms with Gasteiger partial charge in [-0.1, -0.05) is 24.9 Å². The maximum Gasteiger partial charge on any atom is 0.136 e. The van der Waals surface area contributed by atoms with E-state index < -0.39 is 0 Å². The molecule has 0 saturated carbocycles. The quantitative estimate of drug-likeness (QED) is 0.545. The highest BCUT2D eigenvalue weighted by atomic mass is 32.1. The van der Waals surface area contributed by atoms with Gasteiger partial charge in [-0.15, -0.1) is 0 Å². The third-order valence-electron chi connectivity index (χ3n) is 3.46. The molecule has 0 aliphatic rings. The fourth-order valence-corrected chi connectivity index (χ4v) is 2.55. The van der Waals surface area contributed by atoms with E-state index in [0.717, 1.165) is 22.3 Å². The number of nitrogens with zero attached hydrogens (tertiary/aromatic N) is 5. The average Bonchev–Trinajstić information content (AvgIpc) is 2.62. The van der Waals surface area contributed by atoms with Crippen LogP contribution in [0.15, 0.2) is 60.4 Å². The van der Waals surface area contributed by atoms with Crippen molar-refractivity contribution in [1.29, 1.82) is 0 Å². The van der Waals surface area contributed by atoms with Crippen molar-refractivity contribution >= 4 is 28.8 Å². The molecular weight excluding hydrogens is 306 g/mol. The molecule has 0 aliphatic heterocycles. The summed E-state index contributed by atoms with van der Waals surface area (Å²) in [5.74, 6) is 0. The number of fused-ring (bicyclic) bond motifs is 1. The van der Waals surface area contributed by atoms with Crippen LogP contribution in [0.5, 0.6) is 0 Å². The van der Waals surface area contributed by atoms with Gasteiger partial charge in [-0.05, 0) is 30.3 Å². The molecule has 0 aromatic carbocycles. The molecule has 0 N–H and O–H groups in total. The van der Waals surface area contributed by atoms with Crippen LogP contribution >= 0.6 is 12.2 Å². The second-order valence-electron chi connectivity index (χ2n) is 4.85. The Balaban J connectivity index is 2.29. The van der Waals surface area contributed by atoms with Crippen LogP contribution in [0, 0.1) is 4.64 Å². The fourth-order valence-electron chi connectivity index (χ4n) is 2.28. The largest absolute Gasteiger partial charge is 0.291 e. The molecule has 0 spiro atoms. The lowest BCUT2D eigenvalue weighted by Gasteiger charge is -2.11. The highest BCUT2D eigenvalue weighted by Gasteiger charge is 2.12. The van der Waals surface area contributed by atoms with E-state index in [0.29, 0.717) is 16.9 Å². The predicted molar refractivity (Wildman–Crippen MR) is 95.1 cm³/mol. The number of aliphatic imine (C=N–C) groups is 1. The summed E-state index contributed by atoms with van der Waals surface area (Å²) < 4.78 is 2.36. The van der Waals surface area contributed by atoms with Gasteiger partial charge >= 0.3 is 0 Å². The molecule has 5 nitrogen and oxygen atoms in total. The Morgan fingerprint density at radius 1 is 1.26 bits per heavy atom. The lowest BCUT2D eigenvalue weighted by atomic mass is 10.2. The van der Waals surface area contributed by atoms with Crippen LogP contribution in [0.2, 0.25) is 0 Å². The summed E-state index contributed by atoms with van der Waals surface area (Å²) in [4.78, 5) is 13.0. The number of hydrogen-bond acceptors (Lipinski definition) is 5. The molecule has 3 aromatic heterocycles. The van der Waals surface area contributed by atoms with Gasteiger partial charge in [0.15, 0.2) is 0 Å². The van der Waals surface area contributed by atoms with Gasteiger partial charge in [0.2, 0.25) is 0 Å². The summed E-state index contributed by atoms with van der Waals surface area (Å²) in [6.45, 7) is 4.23. The van der Waals surface area contributed by atoms with Gasteiger partial charge in [-0.3, -0.25) is 15.0 Å². The van der Waals surface area contributed by atoms with Gasteiger partial charge in [0.1, 0.15) is 15.9 Å². The minimum atomic E-state index is 0.462. The summed E-state index contributed by atoms with van der Waals surface area (Å²) >= 11 is 5.57. The van der Waals surface area contributed by atoms with Crippen molar-refractivity contribution in [3.8, 4) is 11.4 Å². The van der Waals surface area contributed by atoms with Gasteiger partial charge in [-0.25, -0.2) is 4.68 Å². The second-order valence-corrected chi connectivity index (χ2v) is 5.23. The van der Waals surface area contributed by atoms with Crippen LogP contribution in [-0.4, -0.2) is 32.5 Å². The Morgan fingerprint density at radius 3 is 2.78 bits per heavy atom. The zero-order valence-electron chi connectivity index (χ0n) is 12.7. The maximum atomic E-state index is 5.57. The Kier molecular flexibility index (Phi) is 4.34. The molecule has 0 atom stereocenters. The monoisotopic (exact) mass is 321 g/mol. The molecule has 0 fully saturated rings. The van der Waals surface area contributed by atoms with E-state index in [1.165, 1.54) is 0 Å². The molecule has 0 unspecified atom stereocenters. The van der Waals surface area contributed by atoms with Gasteiger partial charge in [0.05, 0.1) is 18.0 Å². The van der Waals surface area contributed by atoms with Crippen LogP contribution in [0.4, 0.5) is 0 Å². The molecule has 0 saturated heterocycles. The van der Waals surface area contributed by atoms with E-state index in [-0.39, 0.29) is 0 Å². The lowest BCUT2D eigenvalue weighted by Crippen LogP contribution is -2.14. The predicted octanol–water partition coefficient (Wildman–Crippen LogP) is 3.48. The van der Waals surface area contributed by atoms with Gasteiger partial charge in [0.25, 0.3) is 0 Å². The van der Waals surface area contributed by atoms with E-state index in [1.54, 1.807) is 30.2 Å². The standard InChI is InChI=1S/C17H15N5S/c1-3-12(18-2)11-22-17(23)13-7-6-10-20-15(13)16(21-22)14-8-4-5-9-19-14/h3-10H,1,11H2,2H3/b18-12+. The normalized spacial score (nSPS) is 11.6. The summed E-state index contributed by atoms with van der Waals surface area (Å²) in [5, 5.41) is 5.54. The molecule has 3 heterocycles. The molecule has 0 radical (unpaired) electrons. The van der Waals surface area contributed by atoms with Crippen LogP contribution in [0.25, 0.3) is 22.3 Å². The highest BCUT2D eigenvalue weighted by molar-refractivity contribution is 7.71. The van der Waals surface area contributed by atoms with Crippen molar-refractivity contribution in [2.75, 3.05) is 7.05 Å². The smallest absolute Gasteiger partial charge is 0.136 e. The molecular formula is C17H15N5S. The van der Waals surface area contributed by atoms with Crippen LogP contribution in [0.3, 0.4) is 0 Å². The number of aromatic nitrogens is 4. The Hall–Kier alpha value is -2.73. The third-order valence-corrected chi connectivity index (χ3v) is 3.89. The molecule has 114 valence electrons. The third kappa shape index (κ3) is 2.93. The van der Waals surface area contributed by atoms with E-state index >= 15 is 0 Å². The first kappa shape index (κ1) is 15.2. The Labute approximate surface area is 139 Å². The van der Waals surface area contributed by atoms with Crippen molar-refractivity contribution in [2.45, 2.75) is 6.54 Å². The summed E-state index contributed by atoms with van der Waals surface area (Å²) in [5.41, 5.74) is 3.02. The molecule has 3 aromatic rings. The molecule has 0 amide bonds. The molecule has 6 heteroatoms. The van der Waals surface area contributed by atoms with Gasteiger partial charge in [-0.2, -0.15) is 5.10 Å². The summed E-state index contributed by atoms with van der Waals surface area (Å²) in [6, 6.07) is 9.52. The first-order valence-corrected chi connectivity index (χ1v) is 7.50. The number of allylic oxidation sites excluding steroid dienone is 1. The van der Waals surface area contributed by atoms with Crippen molar-refractivity contribution in [3.63, 3.8) is 0 Å².